The summed E-state index contributed by atoms with van der Waals surface area (Å²) < 4.78 is 34.8. The molecule has 0 radical (unpaired) electrons. The summed E-state index contributed by atoms with van der Waals surface area (Å²) in [6.45, 7) is 4.11. The first-order valence-corrected chi connectivity index (χ1v) is 8.29. The number of hydrogen-bond acceptors (Lipinski definition) is 6. The van der Waals surface area contributed by atoms with Crippen molar-refractivity contribution >= 4 is 5.97 Å². The molecule has 7 heteroatoms. The Balaban J connectivity index is 1.49. The van der Waals surface area contributed by atoms with E-state index in [9.17, 15) is 9.18 Å². The van der Waals surface area contributed by atoms with E-state index in [1.807, 2.05) is 0 Å². The van der Waals surface area contributed by atoms with Gasteiger partial charge in [0.2, 0.25) is 0 Å². The molecule has 0 saturated carbocycles. The smallest absolute Gasteiger partial charge is 0.343 e. The molecule has 0 bridgehead atoms. The molecule has 3 rings (SSSR count). The molecule has 0 N–H and O–H groups in total. The van der Waals surface area contributed by atoms with Crippen LogP contribution in [-0.4, -0.2) is 32.6 Å². The van der Waals surface area contributed by atoms with E-state index < -0.39 is 11.8 Å². The largest absolute Gasteiger partial charge is 0.468 e. The first-order valence-electron chi connectivity index (χ1n) is 8.29. The molecule has 6 nitrogen and oxygen atoms in total. The summed E-state index contributed by atoms with van der Waals surface area (Å²) in [5.74, 6) is -0.807. The maximum atomic E-state index is 13.6. The monoisotopic (exact) mass is 371 g/mol. The second-order valence-corrected chi connectivity index (χ2v) is 6.58. The fraction of sp³-hybridized carbons (Fsp3) is 0.300. The van der Waals surface area contributed by atoms with Crippen molar-refractivity contribution < 1.29 is 28.1 Å². The van der Waals surface area contributed by atoms with Crippen LogP contribution in [0.5, 0.6) is 11.5 Å². The van der Waals surface area contributed by atoms with Crippen molar-refractivity contribution in [2.75, 3.05) is 26.6 Å². The first kappa shape index (κ1) is 18.8. The first-order chi connectivity index (χ1) is 13.0. The standard InChI is InChI=1S/C20H18FNO5/c1-20(10-24-11-20)12-25-13-26-16-5-2-14(3-6-16)19(23)27-17-7-4-15(9-22)18(21)8-17/h2-8H,10-13H2,1H3. The third-order valence-corrected chi connectivity index (χ3v) is 4.02. The average molecular weight is 371 g/mol. The van der Waals surface area contributed by atoms with Crippen molar-refractivity contribution in [2.24, 2.45) is 5.41 Å². The van der Waals surface area contributed by atoms with Gasteiger partial charge in [0.15, 0.2) is 6.79 Å². The highest BCUT2D eigenvalue weighted by molar-refractivity contribution is 5.91. The number of esters is 1. The summed E-state index contributed by atoms with van der Waals surface area (Å²) in [4.78, 5) is 12.1. The molecule has 1 aliphatic rings. The van der Waals surface area contributed by atoms with Crippen molar-refractivity contribution in [1.82, 2.24) is 0 Å². The maximum Gasteiger partial charge on any atom is 0.343 e. The van der Waals surface area contributed by atoms with E-state index in [2.05, 4.69) is 6.92 Å². The number of ether oxygens (including phenoxy) is 4. The van der Waals surface area contributed by atoms with Crippen molar-refractivity contribution in [3.63, 3.8) is 0 Å². The summed E-state index contributed by atoms with van der Waals surface area (Å²) in [6, 6.07) is 11.6. The molecule has 0 unspecified atom stereocenters. The highest BCUT2D eigenvalue weighted by Crippen LogP contribution is 2.26. The normalized spacial score (nSPS) is 14.7. The second kappa shape index (κ2) is 8.16. The maximum absolute atomic E-state index is 13.6. The van der Waals surface area contributed by atoms with Gasteiger partial charge in [-0.3, -0.25) is 0 Å². The molecule has 1 saturated heterocycles. The molecule has 1 aliphatic heterocycles. The van der Waals surface area contributed by atoms with Crippen LogP contribution in [0.2, 0.25) is 0 Å². The zero-order chi connectivity index (χ0) is 19.3. The average Bonchev–Trinajstić information content (AvgIpc) is 2.64. The Morgan fingerprint density at radius 2 is 1.93 bits per heavy atom. The summed E-state index contributed by atoms with van der Waals surface area (Å²) in [5.41, 5.74) is 0.228. The van der Waals surface area contributed by atoms with Gasteiger partial charge in [-0.2, -0.15) is 5.26 Å². The molecule has 1 fully saturated rings. The number of hydrogen-bond donors (Lipinski definition) is 0. The third kappa shape index (κ3) is 4.82. The zero-order valence-corrected chi connectivity index (χ0v) is 14.7. The number of benzene rings is 2. The SMILES string of the molecule is CC1(COCOc2ccc(C(=O)Oc3ccc(C#N)c(F)c3)cc2)COC1. The summed E-state index contributed by atoms with van der Waals surface area (Å²) in [5, 5.41) is 8.70. The van der Waals surface area contributed by atoms with Crippen LogP contribution >= 0.6 is 0 Å². The summed E-state index contributed by atoms with van der Waals surface area (Å²) in [6.07, 6.45) is 0. The number of nitrogens with zero attached hydrogens (tertiary/aromatic N) is 1. The van der Waals surface area contributed by atoms with Gasteiger partial charge in [-0.1, -0.05) is 6.92 Å². The molecule has 27 heavy (non-hydrogen) atoms. The molecule has 0 amide bonds. The number of halogens is 1. The van der Waals surface area contributed by atoms with Crippen LogP contribution in [0.4, 0.5) is 4.39 Å². The van der Waals surface area contributed by atoms with Gasteiger partial charge >= 0.3 is 5.97 Å². The van der Waals surface area contributed by atoms with Crippen molar-refractivity contribution in [3.05, 3.63) is 59.4 Å². The lowest BCUT2D eigenvalue weighted by Crippen LogP contribution is -2.43. The van der Waals surface area contributed by atoms with Crippen LogP contribution < -0.4 is 9.47 Å². The topological polar surface area (TPSA) is 77.8 Å². The molecule has 0 atom stereocenters. The van der Waals surface area contributed by atoms with E-state index in [0.29, 0.717) is 25.6 Å². The highest BCUT2D eigenvalue weighted by Gasteiger charge is 2.33. The molecule has 0 aromatic heterocycles. The number of carbonyl (C=O) groups is 1. The quantitative estimate of drug-likeness (QED) is 0.322. The van der Waals surface area contributed by atoms with Gasteiger partial charge in [0, 0.05) is 11.5 Å². The minimum Gasteiger partial charge on any atom is -0.468 e. The molecule has 2 aromatic carbocycles. The van der Waals surface area contributed by atoms with E-state index >= 15 is 0 Å². The molecular formula is C20H18FNO5. The van der Waals surface area contributed by atoms with E-state index in [1.54, 1.807) is 30.3 Å². The van der Waals surface area contributed by atoms with Crippen LogP contribution in [0.1, 0.15) is 22.8 Å². The fourth-order valence-electron chi connectivity index (χ4n) is 2.43. The lowest BCUT2D eigenvalue weighted by Gasteiger charge is -2.37. The Bertz CT molecular complexity index is 856. The molecule has 0 spiro atoms. The minimum absolute atomic E-state index is 0.0266. The Kier molecular flexibility index (Phi) is 5.69. The molecule has 0 aliphatic carbocycles. The molecule has 2 aromatic rings. The predicted molar refractivity (Wildman–Crippen MR) is 92.9 cm³/mol. The lowest BCUT2D eigenvalue weighted by atomic mass is 9.90. The van der Waals surface area contributed by atoms with Crippen molar-refractivity contribution in [3.8, 4) is 17.6 Å². The third-order valence-electron chi connectivity index (χ3n) is 4.02. The van der Waals surface area contributed by atoms with Crippen LogP contribution in [0.25, 0.3) is 0 Å². The van der Waals surface area contributed by atoms with E-state index in [-0.39, 0.29) is 29.1 Å². The van der Waals surface area contributed by atoms with Crippen molar-refractivity contribution in [2.45, 2.75) is 6.92 Å². The van der Waals surface area contributed by atoms with E-state index in [0.717, 1.165) is 6.07 Å². The van der Waals surface area contributed by atoms with Crippen LogP contribution in [0.3, 0.4) is 0 Å². The Labute approximate surface area is 156 Å². The Hall–Kier alpha value is -2.95. The molecule has 140 valence electrons. The minimum atomic E-state index is -0.742. The van der Waals surface area contributed by atoms with Crippen LogP contribution in [-0.2, 0) is 9.47 Å². The Morgan fingerprint density at radius 3 is 2.52 bits per heavy atom. The zero-order valence-electron chi connectivity index (χ0n) is 14.7. The van der Waals surface area contributed by atoms with Gasteiger partial charge in [0.05, 0.1) is 30.9 Å². The Morgan fingerprint density at radius 1 is 1.22 bits per heavy atom. The van der Waals surface area contributed by atoms with Gasteiger partial charge in [-0.15, -0.1) is 0 Å². The summed E-state index contributed by atoms with van der Waals surface area (Å²) in [7, 11) is 0. The highest BCUT2D eigenvalue weighted by atomic mass is 19.1. The lowest BCUT2D eigenvalue weighted by molar-refractivity contribution is -0.151. The molecule has 1 heterocycles. The number of rotatable bonds is 7. The van der Waals surface area contributed by atoms with E-state index in [1.165, 1.54) is 12.1 Å². The second-order valence-electron chi connectivity index (χ2n) is 6.58. The van der Waals surface area contributed by atoms with Crippen LogP contribution in [0.15, 0.2) is 42.5 Å². The molecular weight excluding hydrogens is 353 g/mol. The van der Waals surface area contributed by atoms with Gasteiger partial charge in [0.1, 0.15) is 23.4 Å². The van der Waals surface area contributed by atoms with Gasteiger partial charge in [-0.25, -0.2) is 9.18 Å². The fourth-order valence-corrected chi connectivity index (χ4v) is 2.43. The van der Waals surface area contributed by atoms with Gasteiger partial charge in [0.25, 0.3) is 0 Å². The van der Waals surface area contributed by atoms with Gasteiger partial charge in [-0.05, 0) is 36.4 Å². The predicted octanol–water partition coefficient (Wildman–Crippen LogP) is 3.31. The van der Waals surface area contributed by atoms with Crippen LogP contribution in [0, 0.1) is 22.6 Å². The van der Waals surface area contributed by atoms with Gasteiger partial charge < -0.3 is 18.9 Å². The van der Waals surface area contributed by atoms with E-state index in [4.69, 9.17) is 24.2 Å². The number of carbonyl (C=O) groups excluding carboxylic acids is 1. The summed E-state index contributed by atoms with van der Waals surface area (Å²) >= 11 is 0. The van der Waals surface area contributed by atoms with Crippen molar-refractivity contribution in [1.29, 1.82) is 5.26 Å². The number of nitriles is 1.